The van der Waals surface area contributed by atoms with E-state index < -0.39 is 6.17 Å². The summed E-state index contributed by atoms with van der Waals surface area (Å²) in [5.74, 6) is 0. The standard InChI is InChI=1S/C6H12BBrFNO2/c1-11-10-3-6(9)2-5(8)4-12-7/h3,5-6H,2,4,7H2,1H3/b10-3-/t5-,6-/m0/s1. The van der Waals surface area contributed by atoms with Gasteiger partial charge in [-0.05, 0) is 6.42 Å². The number of hydrogen-bond donors (Lipinski definition) is 0. The number of rotatable bonds is 6. The van der Waals surface area contributed by atoms with Crippen LogP contribution in [0.4, 0.5) is 4.39 Å². The predicted molar refractivity (Wildman–Crippen MR) is 52.2 cm³/mol. The van der Waals surface area contributed by atoms with Crippen molar-refractivity contribution in [3.05, 3.63) is 0 Å². The van der Waals surface area contributed by atoms with Gasteiger partial charge in [0, 0.05) is 11.4 Å². The Morgan fingerprint density at radius 2 is 2.42 bits per heavy atom. The maximum absolute atomic E-state index is 12.8. The molecule has 0 N–H and O–H groups in total. The zero-order valence-corrected chi connectivity index (χ0v) is 8.75. The predicted octanol–water partition coefficient (Wildman–Crippen LogP) is 0.675. The van der Waals surface area contributed by atoms with Gasteiger partial charge in [0.15, 0.2) is 0 Å². The van der Waals surface area contributed by atoms with Crippen molar-refractivity contribution in [2.75, 3.05) is 13.7 Å². The molecule has 6 heteroatoms. The molecule has 2 atom stereocenters. The zero-order valence-electron chi connectivity index (χ0n) is 7.17. The van der Waals surface area contributed by atoms with Gasteiger partial charge in [-0.2, -0.15) is 0 Å². The monoisotopic (exact) mass is 239 g/mol. The SMILES string of the molecule is BOC[C@@H](Br)C[C@H](F)/C=N\OC. The average molecular weight is 240 g/mol. The lowest BCUT2D eigenvalue weighted by molar-refractivity contribution is 0.211. The number of halogens is 2. The second-order valence-electron chi connectivity index (χ2n) is 2.24. The van der Waals surface area contributed by atoms with Crippen LogP contribution in [-0.2, 0) is 9.49 Å². The van der Waals surface area contributed by atoms with Gasteiger partial charge in [0.25, 0.3) is 8.05 Å². The summed E-state index contributed by atoms with van der Waals surface area (Å²) in [6.07, 6.45) is 0.370. The van der Waals surface area contributed by atoms with Crippen LogP contribution in [0.25, 0.3) is 0 Å². The number of nitrogens with zero attached hydrogens (tertiary/aromatic N) is 1. The molecule has 0 amide bonds. The van der Waals surface area contributed by atoms with E-state index in [1.54, 1.807) is 8.05 Å². The molecule has 0 aromatic heterocycles. The summed E-state index contributed by atoms with van der Waals surface area (Å²) in [5, 5.41) is 3.32. The molecule has 0 aromatic carbocycles. The Kier molecular flexibility index (Phi) is 7.49. The van der Waals surface area contributed by atoms with Crippen LogP contribution >= 0.6 is 15.9 Å². The Hall–Kier alpha value is -0.0951. The fraction of sp³-hybridized carbons (Fsp3) is 0.833. The highest BCUT2D eigenvalue weighted by Gasteiger charge is 2.10. The summed E-state index contributed by atoms with van der Waals surface area (Å²) in [5.41, 5.74) is 0. The Labute approximate surface area is 80.9 Å². The lowest BCUT2D eigenvalue weighted by atomic mass is 10.2. The first-order valence-electron chi connectivity index (χ1n) is 3.54. The van der Waals surface area contributed by atoms with Gasteiger partial charge in [-0.25, -0.2) is 4.39 Å². The summed E-state index contributed by atoms with van der Waals surface area (Å²) < 4.78 is 17.7. The van der Waals surface area contributed by atoms with Gasteiger partial charge in [0.1, 0.15) is 13.3 Å². The Bertz CT molecular complexity index is 139. The maximum Gasteiger partial charge on any atom is 0.257 e. The Balaban J connectivity index is 3.53. The van der Waals surface area contributed by atoms with Gasteiger partial charge in [-0.15, -0.1) is 0 Å². The molecule has 0 spiro atoms. The topological polar surface area (TPSA) is 30.8 Å². The van der Waals surface area contributed by atoms with E-state index in [4.69, 9.17) is 4.65 Å². The molecule has 0 heterocycles. The third-order valence-electron chi connectivity index (χ3n) is 1.16. The summed E-state index contributed by atoms with van der Waals surface area (Å²) >= 11 is 3.26. The first kappa shape index (κ1) is 11.9. The molecule has 0 aliphatic rings. The highest BCUT2D eigenvalue weighted by molar-refractivity contribution is 9.09. The molecule has 0 aromatic rings. The minimum absolute atomic E-state index is 0.0146. The first-order chi connectivity index (χ1) is 5.70. The largest absolute Gasteiger partial charge is 0.443 e. The van der Waals surface area contributed by atoms with Crippen molar-refractivity contribution >= 4 is 30.2 Å². The maximum atomic E-state index is 12.8. The van der Waals surface area contributed by atoms with Gasteiger partial charge in [0.2, 0.25) is 0 Å². The van der Waals surface area contributed by atoms with Crippen LogP contribution in [0.1, 0.15) is 6.42 Å². The highest BCUT2D eigenvalue weighted by Crippen LogP contribution is 2.09. The third kappa shape index (κ3) is 6.60. The van der Waals surface area contributed by atoms with Crippen molar-refractivity contribution in [3.8, 4) is 0 Å². The fourth-order valence-corrected chi connectivity index (χ4v) is 1.30. The van der Waals surface area contributed by atoms with Crippen LogP contribution in [0.15, 0.2) is 5.16 Å². The quantitative estimate of drug-likeness (QED) is 0.295. The third-order valence-corrected chi connectivity index (χ3v) is 1.79. The van der Waals surface area contributed by atoms with E-state index in [9.17, 15) is 4.39 Å². The first-order valence-corrected chi connectivity index (χ1v) is 4.46. The van der Waals surface area contributed by atoms with Gasteiger partial charge >= 0.3 is 0 Å². The van der Waals surface area contributed by atoms with E-state index in [2.05, 4.69) is 25.9 Å². The lowest BCUT2D eigenvalue weighted by Gasteiger charge is -2.08. The molecule has 0 aliphatic heterocycles. The second-order valence-corrected chi connectivity index (χ2v) is 3.54. The molecule has 0 fully saturated rings. The molecule has 0 radical (unpaired) electrons. The van der Waals surface area contributed by atoms with Crippen LogP contribution in [0.3, 0.4) is 0 Å². The molecular formula is C6H12BBrFNO2. The molecule has 0 bridgehead atoms. The minimum Gasteiger partial charge on any atom is -0.443 e. The number of oxime groups is 1. The van der Waals surface area contributed by atoms with Gasteiger partial charge < -0.3 is 9.49 Å². The van der Waals surface area contributed by atoms with E-state index in [1.165, 1.54) is 7.11 Å². The number of alkyl halides is 2. The van der Waals surface area contributed by atoms with Crippen molar-refractivity contribution in [3.63, 3.8) is 0 Å². The molecule has 0 rings (SSSR count). The van der Waals surface area contributed by atoms with Crippen molar-refractivity contribution in [1.29, 1.82) is 0 Å². The van der Waals surface area contributed by atoms with Gasteiger partial charge in [-0.1, -0.05) is 21.1 Å². The summed E-state index contributed by atoms with van der Waals surface area (Å²) in [6, 6.07) is 0. The summed E-state index contributed by atoms with van der Waals surface area (Å²) in [7, 11) is 2.95. The molecule has 0 saturated carbocycles. The smallest absolute Gasteiger partial charge is 0.257 e. The van der Waals surface area contributed by atoms with Crippen LogP contribution < -0.4 is 0 Å². The van der Waals surface area contributed by atoms with E-state index in [1.807, 2.05) is 0 Å². The summed E-state index contributed by atoms with van der Waals surface area (Å²) in [4.78, 5) is 4.35. The van der Waals surface area contributed by atoms with Crippen LogP contribution in [0.2, 0.25) is 0 Å². The van der Waals surface area contributed by atoms with Crippen molar-refractivity contribution in [2.45, 2.75) is 17.4 Å². The van der Waals surface area contributed by atoms with E-state index >= 15 is 0 Å². The normalized spacial score (nSPS) is 16.2. The fourth-order valence-electron chi connectivity index (χ4n) is 0.681. The van der Waals surface area contributed by atoms with Crippen LogP contribution in [0, 0.1) is 0 Å². The molecule has 0 aliphatic carbocycles. The van der Waals surface area contributed by atoms with Crippen molar-refractivity contribution in [2.24, 2.45) is 5.16 Å². The molecule has 12 heavy (non-hydrogen) atoms. The molecule has 0 saturated heterocycles. The Morgan fingerprint density at radius 1 is 1.75 bits per heavy atom. The van der Waals surface area contributed by atoms with Gasteiger partial charge in [0.05, 0.1) is 6.21 Å². The van der Waals surface area contributed by atoms with E-state index in [0.717, 1.165) is 6.21 Å². The second kappa shape index (κ2) is 7.55. The highest BCUT2D eigenvalue weighted by atomic mass is 79.9. The molecule has 70 valence electrons. The minimum atomic E-state index is -1.09. The van der Waals surface area contributed by atoms with E-state index in [0.29, 0.717) is 13.0 Å². The molecular weight excluding hydrogens is 228 g/mol. The van der Waals surface area contributed by atoms with Gasteiger partial charge in [-0.3, -0.25) is 0 Å². The Morgan fingerprint density at radius 3 is 2.92 bits per heavy atom. The lowest BCUT2D eigenvalue weighted by Crippen LogP contribution is -2.15. The van der Waals surface area contributed by atoms with E-state index in [-0.39, 0.29) is 4.83 Å². The zero-order chi connectivity index (χ0) is 9.40. The van der Waals surface area contributed by atoms with Crippen molar-refractivity contribution < 1.29 is 13.9 Å². The number of hydrogen-bond acceptors (Lipinski definition) is 3. The van der Waals surface area contributed by atoms with Crippen LogP contribution in [-0.4, -0.2) is 39.0 Å². The van der Waals surface area contributed by atoms with Crippen LogP contribution in [0.5, 0.6) is 0 Å². The average Bonchev–Trinajstić information content (AvgIpc) is 2.01. The van der Waals surface area contributed by atoms with Crippen molar-refractivity contribution in [1.82, 2.24) is 0 Å². The molecule has 3 nitrogen and oxygen atoms in total. The summed E-state index contributed by atoms with van der Waals surface area (Å²) in [6.45, 7) is 0.487. The molecule has 0 unspecified atom stereocenters.